The number of H-pyrrole nitrogens is 1. The summed E-state index contributed by atoms with van der Waals surface area (Å²) in [6.07, 6.45) is 5.52. The number of sulfone groups is 1. The van der Waals surface area contributed by atoms with Crippen LogP contribution in [0.25, 0.3) is 0 Å². The molecule has 0 spiro atoms. The van der Waals surface area contributed by atoms with Gasteiger partial charge in [0.2, 0.25) is 15.4 Å². The zero-order chi connectivity index (χ0) is 17.0. The molecule has 0 unspecified atom stereocenters. The maximum atomic E-state index is 12.6. The second-order valence-electron chi connectivity index (χ2n) is 6.25. The maximum absolute atomic E-state index is 12.6. The fourth-order valence-corrected chi connectivity index (χ4v) is 4.04. The van der Waals surface area contributed by atoms with Crippen molar-refractivity contribution < 1.29 is 13.2 Å². The quantitative estimate of drug-likeness (QED) is 0.835. The molecule has 24 heavy (non-hydrogen) atoms. The van der Waals surface area contributed by atoms with Crippen molar-refractivity contribution in [2.45, 2.75) is 30.6 Å². The molecule has 128 valence electrons. The molecule has 0 bridgehead atoms. The highest BCUT2D eigenvalue weighted by atomic mass is 32.2. The minimum absolute atomic E-state index is 0.177. The lowest BCUT2D eigenvalue weighted by Crippen LogP contribution is -2.21. The monoisotopic (exact) mass is 347 g/mol. The predicted molar refractivity (Wildman–Crippen MR) is 91.7 cm³/mol. The number of nitrogens with one attached hydrogen (secondary N) is 1. The van der Waals surface area contributed by atoms with Gasteiger partial charge < -0.3 is 9.72 Å². The average molecular weight is 347 g/mol. The van der Waals surface area contributed by atoms with Crippen LogP contribution in [0, 0.1) is 5.92 Å². The molecular formula is C18H21NO4S. The molecule has 1 aliphatic carbocycles. The van der Waals surface area contributed by atoms with Gasteiger partial charge in [-0.3, -0.25) is 4.79 Å². The first kappa shape index (κ1) is 16.9. The van der Waals surface area contributed by atoms with Crippen LogP contribution in [0.2, 0.25) is 0 Å². The van der Waals surface area contributed by atoms with Gasteiger partial charge in [0, 0.05) is 18.7 Å². The van der Waals surface area contributed by atoms with Crippen molar-refractivity contribution >= 4 is 9.84 Å². The van der Waals surface area contributed by atoms with Gasteiger partial charge in [-0.25, -0.2) is 8.42 Å². The zero-order valence-corrected chi connectivity index (χ0v) is 14.2. The van der Waals surface area contributed by atoms with E-state index in [2.05, 4.69) is 4.98 Å². The number of ether oxygens (including phenoxy) is 1. The van der Waals surface area contributed by atoms with E-state index in [4.69, 9.17) is 4.74 Å². The number of pyridine rings is 1. The van der Waals surface area contributed by atoms with Crippen molar-refractivity contribution in [3.63, 3.8) is 0 Å². The first-order chi connectivity index (χ1) is 11.5. The van der Waals surface area contributed by atoms with Crippen LogP contribution < -0.4 is 5.56 Å². The summed E-state index contributed by atoms with van der Waals surface area (Å²) in [6.45, 7) is 0.515. The first-order valence-electron chi connectivity index (χ1n) is 8.10. The fraction of sp³-hybridized carbons (Fsp3) is 0.389. The van der Waals surface area contributed by atoms with Crippen LogP contribution in [0.5, 0.6) is 0 Å². The molecule has 0 aliphatic heterocycles. The number of hydrogen-bond acceptors (Lipinski definition) is 4. The third-order valence-corrected chi connectivity index (χ3v) is 5.91. The van der Waals surface area contributed by atoms with Gasteiger partial charge in [0.15, 0.2) is 5.94 Å². The maximum Gasteiger partial charge on any atom is 0.247 e. The van der Waals surface area contributed by atoms with E-state index >= 15 is 0 Å². The Morgan fingerprint density at radius 1 is 1.12 bits per heavy atom. The molecule has 1 aromatic carbocycles. The summed E-state index contributed by atoms with van der Waals surface area (Å²) in [5.74, 6) is 0.225. The van der Waals surface area contributed by atoms with Crippen molar-refractivity contribution in [1.82, 2.24) is 4.98 Å². The Hall–Kier alpha value is -1.92. The number of aromatic amines is 1. The highest BCUT2D eigenvalue weighted by molar-refractivity contribution is 7.91. The standard InChI is InChI=1S/C18H21NO4S/c20-18-9-8-15(11-19-18)10-16-6-1-2-7-17(16)24(21,22)13-23-12-14-4-3-5-14/h1-2,6-9,11,14H,3-5,10,12-13H2,(H,19,20). The van der Waals surface area contributed by atoms with Gasteiger partial charge in [-0.1, -0.05) is 30.7 Å². The summed E-state index contributed by atoms with van der Waals surface area (Å²) in [7, 11) is -3.49. The van der Waals surface area contributed by atoms with E-state index in [1.165, 1.54) is 12.5 Å². The normalized spacial score (nSPS) is 15.2. The number of rotatable bonds is 7. The van der Waals surface area contributed by atoms with Gasteiger partial charge in [0.05, 0.1) is 11.5 Å². The lowest BCUT2D eigenvalue weighted by atomic mass is 9.86. The molecule has 1 heterocycles. The van der Waals surface area contributed by atoms with Crippen LogP contribution >= 0.6 is 0 Å². The minimum atomic E-state index is -3.49. The Labute approximate surface area is 141 Å². The van der Waals surface area contributed by atoms with E-state index in [1.54, 1.807) is 30.5 Å². The number of aromatic nitrogens is 1. The van der Waals surface area contributed by atoms with E-state index < -0.39 is 9.84 Å². The molecule has 1 fully saturated rings. The summed E-state index contributed by atoms with van der Waals surface area (Å²) < 4.78 is 30.6. The fourth-order valence-electron chi connectivity index (χ4n) is 2.77. The second-order valence-corrected chi connectivity index (χ2v) is 8.15. The SMILES string of the molecule is O=c1ccc(Cc2ccccc2S(=O)(=O)COCC2CCC2)c[nH]1. The van der Waals surface area contributed by atoms with Crippen molar-refractivity contribution in [3.05, 3.63) is 64.1 Å². The zero-order valence-electron chi connectivity index (χ0n) is 13.4. The third kappa shape index (κ3) is 4.13. The van der Waals surface area contributed by atoms with Crippen molar-refractivity contribution in [2.75, 3.05) is 12.5 Å². The molecule has 0 atom stereocenters. The van der Waals surface area contributed by atoms with Crippen LogP contribution in [0.1, 0.15) is 30.4 Å². The van der Waals surface area contributed by atoms with Gasteiger partial charge in [0.25, 0.3) is 0 Å². The van der Waals surface area contributed by atoms with Crippen molar-refractivity contribution in [2.24, 2.45) is 5.92 Å². The van der Waals surface area contributed by atoms with E-state index in [-0.39, 0.29) is 11.5 Å². The van der Waals surface area contributed by atoms with Gasteiger partial charge in [0.1, 0.15) is 0 Å². The lowest BCUT2D eigenvalue weighted by molar-refractivity contribution is 0.0981. The molecule has 1 aromatic heterocycles. The Balaban J connectivity index is 1.74. The third-order valence-electron chi connectivity index (χ3n) is 4.37. The first-order valence-corrected chi connectivity index (χ1v) is 9.76. The molecular weight excluding hydrogens is 326 g/mol. The summed E-state index contributed by atoms with van der Waals surface area (Å²) in [5.41, 5.74) is 1.38. The van der Waals surface area contributed by atoms with Crippen LogP contribution in [0.3, 0.4) is 0 Å². The summed E-state index contributed by atoms with van der Waals surface area (Å²) in [5, 5.41) is 0. The van der Waals surface area contributed by atoms with Crippen molar-refractivity contribution in [1.29, 1.82) is 0 Å². The molecule has 2 aromatic rings. The Kier molecular flexibility index (Phi) is 5.16. The molecule has 1 N–H and O–H groups in total. The minimum Gasteiger partial charge on any atom is -0.365 e. The average Bonchev–Trinajstić information content (AvgIpc) is 2.52. The molecule has 0 amide bonds. The van der Waals surface area contributed by atoms with E-state index in [1.807, 2.05) is 6.07 Å². The molecule has 1 saturated carbocycles. The molecule has 5 nitrogen and oxygen atoms in total. The van der Waals surface area contributed by atoms with E-state index in [9.17, 15) is 13.2 Å². The number of hydrogen-bond donors (Lipinski definition) is 1. The largest absolute Gasteiger partial charge is 0.365 e. The van der Waals surface area contributed by atoms with Crippen LogP contribution in [0.4, 0.5) is 0 Å². The second kappa shape index (κ2) is 7.32. The predicted octanol–water partition coefficient (Wildman–Crippen LogP) is 2.51. The van der Waals surface area contributed by atoms with Gasteiger partial charge in [-0.2, -0.15) is 0 Å². The Morgan fingerprint density at radius 3 is 2.58 bits per heavy atom. The van der Waals surface area contributed by atoms with Crippen molar-refractivity contribution in [3.8, 4) is 0 Å². The molecule has 6 heteroatoms. The summed E-state index contributed by atoms with van der Waals surface area (Å²) in [6, 6.07) is 10.1. The van der Waals surface area contributed by atoms with Gasteiger partial charge in [-0.15, -0.1) is 0 Å². The lowest BCUT2D eigenvalue weighted by Gasteiger charge is -2.24. The summed E-state index contributed by atoms with van der Waals surface area (Å²) in [4.78, 5) is 14.0. The molecule has 1 aliphatic rings. The Bertz CT molecular complexity index is 833. The van der Waals surface area contributed by atoms with Crippen LogP contribution in [0.15, 0.2) is 52.3 Å². The molecule has 0 radical (unpaired) electrons. The van der Waals surface area contributed by atoms with Crippen LogP contribution in [-0.2, 0) is 21.0 Å². The highest BCUT2D eigenvalue weighted by Crippen LogP contribution is 2.27. The van der Waals surface area contributed by atoms with Gasteiger partial charge in [-0.05, 0) is 36.0 Å². The molecule has 3 rings (SSSR count). The topological polar surface area (TPSA) is 76.2 Å². The van der Waals surface area contributed by atoms with E-state index in [0.29, 0.717) is 29.4 Å². The number of benzene rings is 1. The summed E-state index contributed by atoms with van der Waals surface area (Å²) >= 11 is 0. The Morgan fingerprint density at radius 2 is 1.92 bits per heavy atom. The highest BCUT2D eigenvalue weighted by Gasteiger charge is 2.22. The van der Waals surface area contributed by atoms with Gasteiger partial charge >= 0.3 is 0 Å². The molecule has 0 saturated heterocycles. The van der Waals surface area contributed by atoms with E-state index in [0.717, 1.165) is 18.4 Å². The van der Waals surface area contributed by atoms with Crippen LogP contribution in [-0.4, -0.2) is 25.9 Å². The smallest absolute Gasteiger partial charge is 0.247 e.